The van der Waals surface area contributed by atoms with Gasteiger partial charge in [0.05, 0.1) is 6.61 Å². The number of hydrogen-bond acceptors (Lipinski definition) is 3. The standard InChI is InChI=1S/C19H34O3/c1-17-13-9-5-8-12-16-21-18(20)22-19(17)14-10-6-3-2-4-7-11-15-19/h17H,2-16H2,1H3. The van der Waals surface area contributed by atoms with Gasteiger partial charge in [0.1, 0.15) is 5.60 Å². The van der Waals surface area contributed by atoms with E-state index < -0.39 is 6.16 Å². The first-order valence-electron chi connectivity index (χ1n) is 9.59. The van der Waals surface area contributed by atoms with Crippen molar-refractivity contribution in [1.29, 1.82) is 0 Å². The molecule has 2 aliphatic rings. The summed E-state index contributed by atoms with van der Waals surface area (Å²) in [6.07, 6.45) is 16.3. The lowest BCUT2D eigenvalue weighted by molar-refractivity contribution is -0.0791. The quantitative estimate of drug-likeness (QED) is 0.514. The fourth-order valence-corrected chi connectivity index (χ4v) is 4.07. The number of rotatable bonds is 0. The highest BCUT2D eigenvalue weighted by Crippen LogP contribution is 2.38. The van der Waals surface area contributed by atoms with Gasteiger partial charge in [0, 0.05) is 0 Å². The lowest BCUT2D eigenvalue weighted by Crippen LogP contribution is -2.42. The molecule has 1 heterocycles. The highest BCUT2D eigenvalue weighted by atomic mass is 16.7. The van der Waals surface area contributed by atoms with Gasteiger partial charge in [-0.05, 0) is 44.4 Å². The van der Waals surface area contributed by atoms with Crippen LogP contribution in [0.2, 0.25) is 0 Å². The van der Waals surface area contributed by atoms with Crippen LogP contribution in [0.25, 0.3) is 0 Å². The van der Waals surface area contributed by atoms with Crippen molar-refractivity contribution < 1.29 is 14.3 Å². The molecule has 1 atom stereocenters. The van der Waals surface area contributed by atoms with Crippen molar-refractivity contribution >= 4 is 6.16 Å². The van der Waals surface area contributed by atoms with Gasteiger partial charge in [0.25, 0.3) is 0 Å². The Morgan fingerprint density at radius 1 is 0.818 bits per heavy atom. The summed E-state index contributed by atoms with van der Waals surface area (Å²) < 4.78 is 11.3. The van der Waals surface area contributed by atoms with Crippen LogP contribution in [0.1, 0.15) is 96.8 Å². The fourth-order valence-electron chi connectivity index (χ4n) is 4.07. The van der Waals surface area contributed by atoms with Gasteiger partial charge in [-0.15, -0.1) is 0 Å². The minimum Gasteiger partial charge on any atom is -0.434 e. The fraction of sp³-hybridized carbons (Fsp3) is 0.947. The molecule has 0 N–H and O–H groups in total. The van der Waals surface area contributed by atoms with Crippen LogP contribution in [0.5, 0.6) is 0 Å². The molecule has 3 heteroatoms. The number of ether oxygens (including phenoxy) is 2. The van der Waals surface area contributed by atoms with Crippen molar-refractivity contribution in [3.63, 3.8) is 0 Å². The van der Waals surface area contributed by atoms with Gasteiger partial charge in [-0.3, -0.25) is 0 Å². The average molecular weight is 310 g/mol. The molecule has 1 spiro atoms. The molecule has 1 aliphatic heterocycles. The average Bonchev–Trinajstić information content (AvgIpc) is 2.54. The van der Waals surface area contributed by atoms with Gasteiger partial charge < -0.3 is 9.47 Å². The summed E-state index contributed by atoms with van der Waals surface area (Å²) in [5.74, 6) is 0.442. The minimum absolute atomic E-state index is 0.279. The predicted octanol–water partition coefficient (Wildman–Crippen LogP) is 6.00. The molecule has 128 valence electrons. The zero-order chi connectivity index (χ0) is 15.7. The molecule has 1 saturated carbocycles. The van der Waals surface area contributed by atoms with Gasteiger partial charge in [0.2, 0.25) is 0 Å². The van der Waals surface area contributed by atoms with E-state index in [0.717, 1.165) is 25.7 Å². The van der Waals surface area contributed by atoms with Crippen molar-refractivity contribution in [3.05, 3.63) is 0 Å². The second kappa shape index (κ2) is 9.42. The van der Waals surface area contributed by atoms with E-state index in [1.165, 1.54) is 64.2 Å². The third-order valence-electron chi connectivity index (χ3n) is 5.64. The molecule has 0 aromatic rings. The van der Waals surface area contributed by atoms with Crippen LogP contribution < -0.4 is 0 Å². The van der Waals surface area contributed by atoms with E-state index in [1.54, 1.807) is 0 Å². The molecular formula is C19H34O3. The van der Waals surface area contributed by atoms with Crippen molar-refractivity contribution in [1.82, 2.24) is 0 Å². The maximum atomic E-state index is 12.1. The molecule has 0 radical (unpaired) electrons. The Hall–Kier alpha value is -0.730. The van der Waals surface area contributed by atoms with Crippen LogP contribution in [0.4, 0.5) is 4.79 Å². The highest BCUT2D eigenvalue weighted by molar-refractivity contribution is 5.60. The van der Waals surface area contributed by atoms with Crippen LogP contribution in [-0.2, 0) is 9.47 Å². The maximum Gasteiger partial charge on any atom is 0.508 e. The smallest absolute Gasteiger partial charge is 0.434 e. The molecule has 1 aliphatic carbocycles. The Morgan fingerprint density at radius 3 is 2.05 bits per heavy atom. The summed E-state index contributed by atoms with van der Waals surface area (Å²) >= 11 is 0. The summed E-state index contributed by atoms with van der Waals surface area (Å²) in [7, 11) is 0. The zero-order valence-corrected chi connectivity index (χ0v) is 14.4. The van der Waals surface area contributed by atoms with E-state index >= 15 is 0 Å². The Balaban J connectivity index is 2.09. The number of hydrogen-bond donors (Lipinski definition) is 0. The van der Waals surface area contributed by atoms with Crippen molar-refractivity contribution in [2.24, 2.45) is 5.92 Å². The lowest BCUT2D eigenvalue weighted by atomic mass is 9.76. The van der Waals surface area contributed by atoms with E-state index in [0.29, 0.717) is 12.5 Å². The van der Waals surface area contributed by atoms with E-state index in [9.17, 15) is 4.79 Å². The van der Waals surface area contributed by atoms with E-state index in [-0.39, 0.29) is 5.60 Å². The summed E-state index contributed by atoms with van der Waals surface area (Å²) in [4.78, 5) is 12.1. The number of cyclic esters (lactones) is 1. The van der Waals surface area contributed by atoms with Gasteiger partial charge in [-0.2, -0.15) is 0 Å². The van der Waals surface area contributed by atoms with Gasteiger partial charge in [-0.25, -0.2) is 4.79 Å². The summed E-state index contributed by atoms with van der Waals surface area (Å²) in [5, 5.41) is 0. The molecular weight excluding hydrogens is 276 g/mol. The number of carbonyl (C=O) groups excluding carboxylic acids is 1. The molecule has 3 nitrogen and oxygen atoms in total. The van der Waals surface area contributed by atoms with Gasteiger partial charge in [0.15, 0.2) is 0 Å². The normalized spacial score (nSPS) is 29.0. The van der Waals surface area contributed by atoms with Crippen molar-refractivity contribution in [3.8, 4) is 0 Å². The second-order valence-corrected chi connectivity index (χ2v) is 7.34. The zero-order valence-electron chi connectivity index (χ0n) is 14.4. The Bertz CT molecular complexity index is 317. The second-order valence-electron chi connectivity index (χ2n) is 7.34. The maximum absolute atomic E-state index is 12.1. The van der Waals surface area contributed by atoms with Crippen LogP contribution in [0.15, 0.2) is 0 Å². The van der Waals surface area contributed by atoms with E-state index in [1.807, 2.05) is 0 Å². The lowest BCUT2D eigenvalue weighted by Gasteiger charge is -2.39. The largest absolute Gasteiger partial charge is 0.508 e. The summed E-state index contributed by atoms with van der Waals surface area (Å²) in [6, 6.07) is 0. The molecule has 2 fully saturated rings. The third kappa shape index (κ3) is 5.48. The van der Waals surface area contributed by atoms with Crippen molar-refractivity contribution in [2.45, 2.75) is 102 Å². The predicted molar refractivity (Wildman–Crippen MR) is 89.0 cm³/mol. The first-order chi connectivity index (χ1) is 10.7. The Labute approximate surface area is 136 Å². The first kappa shape index (κ1) is 17.6. The van der Waals surface area contributed by atoms with E-state index in [2.05, 4.69) is 6.92 Å². The van der Waals surface area contributed by atoms with Gasteiger partial charge in [-0.1, -0.05) is 58.3 Å². The molecule has 0 amide bonds. The van der Waals surface area contributed by atoms with Crippen molar-refractivity contribution in [2.75, 3.05) is 6.61 Å². The molecule has 22 heavy (non-hydrogen) atoms. The topological polar surface area (TPSA) is 35.5 Å². The van der Waals surface area contributed by atoms with Crippen LogP contribution in [-0.4, -0.2) is 18.4 Å². The first-order valence-corrected chi connectivity index (χ1v) is 9.59. The van der Waals surface area contributed by atoms with E-state index in [4.69, 9.17) is 9.47 Å². The van der Waals surface area contributed by atoms with Crippen LogP contribution in [0, 0.1) is 5.92 Å². The Kier molecular flexibility index (Phi) is 7.54. The molecule has 0 aromatic heterocycles. The van der Waals surface area contributed by atoms with Gasteiger partial charge >= 0.3 is 6.16 Å². The molecule has 0 bridgehead atoms. The van der Waals surface area contributed by atoms with Crippen LogP contribution in [0.3, 0.4) is 0 Å². The summed E-state index contributed by atoms with van der Waals surface area (Å²) in [5.41, 5.74) is -0.279. The number of carbonyl (C=O) groups is 1. The highest BCUT2D eigenvalue weighted by Gasteiger charge is 2.39. The third-order valence-corrected chi connectivity index (χ3v) is 5.64. The molecule has 2 rings (SSSR count). The van der Waals surface area contributed by atoms with Crippen LogP contribution >= 0.6 is 0 Å². The summed E-state index contributed by atoms with van der Waals surface area (Å²) in [6.45, 7) is 2.81. The molecule has 0 aromatic carbocycles. The Morgan fingerprint density at radius 2 is 1.36 bits per heavy atom. The molecule has 1 unspecified atom stereocenters. The monoisotopic (exact) mass is 310 g/mol. The minimum atomic E-state index is -0.425. The molecule has 1 saturated heterocycles. The SMILES string of the molecule is CC1CCCCCCOC(=O)OC12CCCCCCCCC2.